The van der Waals surface area contributed by atoms with E-state index in [4.69, 9.17) is 5.26 Å². The van der Waals surface area contributed by atoms with E-state index >= 15 is 0 Å². The van der Waals surface area contributed by atoms with Crippen LogP contribution in [0.2, 0.25) is 0 Å². The van der Waals surface area contributed by atoms with Gasteiger partial charge in [-0.3, -0.25) is 0 Å². The maximum atomic E-state index is 8.75. The molecular formula is C12H13BrN2. The third-order valence-electron chi connectivity index (χ3n) is 1.91. The van der Waals surface area contributed by atoms with Crippen molar-refractivity contribution in [2.45, 2.75) is 13.8 Å². The number of anilines is 1. The highest BCUT2D eigenvalue weighted by Crippen LogP contribution is 2.20. The van der Waals surface area contributed by atoms with Crippen molar-refractivity contribution in [3.63, 3.8) is 0 Å². The second-order valence-electron chi connectivity index (χ2n) is 3.47. The molecule has 0 fully saturated rings. The van der Waals surface area contributed by atoms with Crippen LogP contribution in [0.5, 0.6) is 0 Å². The van der Waals surface area contributed by atoms with Crippen LogP contribution in [0, 0.1) is 11.3 Å². The molecule has 0 spiro atoms. The molecule has 0 radical (unpaired) electrons. The average Bonchev–Trinajstić information content (AvgIpc) is 2.17. The largest absolute Gasteiger partial charge is 0.382 e. The van der Waals surface area contributed by atoms with Gasteiger partial charge in [-0.1, -0.05) is 11.6 Å². The van der Waals surface area contributed by atoms with Crippen LogP contribution in [0.15, 0.2) is 34.3 Å². The molecular weight excluding hydrogens is 252 g/mol. The Morgan fingerprint density at radius 2 is 2.27 bits per heavy atom. The Hall–Kier alpha value is -1.27. The first-order chi connectivity index (χ1) is 7.13. The predicted molar refractivity (Wildman–Crippen MR) is 66.8 cm³/mol. The van der Waals surface area contributed by atoms with Gasteiger partial charge in [-0.05, 0) is 48.0 Å². The molecule has 1 N–H and O–H groups in total. The summed E-state index contributed by atoms with van der Waals surface area (Å²) in [5.74, 6) is 0. The molecule has 2 nitrogen and oxygen atoms in total. The summed E-state index contributed by atoms with van der Waals surface area (Å²) in [6, 6.07) is 7.73. The summed E-state index contributed by atoms with van der Waals surface area (Å²) < 4.78 is 0.826. The van der Waals surface area contributed by atoms with Gasteiger partial charge in [-0.15, -0.1) is 0 Å². The lowest BCUT2D eigenvalue weighted by Gasteiger charge is -2.04. The van der Waals surface area contributed by atoms with E-state index in [0.717, 1.165) is 16.7 Å². The maximum absolute atomic E-state index is 8.75. The second-order valence-corrected chi connectivity index (χ2v) is 4.32. The lowest BCUT2D eigenvalue weighted by Crippen LogP contribution is -1.98. The fourth-order valence-electron chi connectivity index (χ4n) is 1.09. The molecule has 1 aromatic rings. The van der Waals surface area contributed by atoms with Gasteiger partial charge in [0.05, 0.1) is 5.56 Å². The van der Waals surface area contributed by atoms with Crippen LogP contribution in [0.3, 0.4) is 0 Å². The number of rotatable bonds is 3. The van der Waals surface area contributed by atoms with E-state index in [9.17, 15) is 0 Å². The van der Waals surface area contributed by atoms with Gasteiger partial charge >= 0.3 is 0 Å². The first kappa shape index (κ1) is 11.8. The minimum atomic E-state index is 0.655. The van der Waals surface area contributed by atoms with Gasteiger partial charge in [-0.2, -0.15) is 5.26 Å². The van der Waals surface area contributed by atoms with Gasteiger partial charge in [0.1, 0.15) is 6.07 Å². The van der Waals surface area contributed by atoms with Crippen LogP contribution < -0.4 is 5.32 Å². The monoisotopic (exact) mass is 264 g/mol. The van der Waals surface area contributed by atoms with Gasteiger partial charge in [-0.25, -0.2) is 0 Å². The number of nitriles is 1. The van der Waals surface area contributed by atoms with E-state index in [1.165, 1.54) is 5.57 Å². The van der Waals surface area contributed by atoms with Crippen molar-refractivity contribution in [2.75, 3.05) is 11.9 Å². The van der Waals surface area contributed by atoms with Gasteiger partial charge in [0.25, 0.3) is 0 Å². The third kappa shape index (κ3) is 3.77. The second kappa shape index (κ2) is 5.57. The highest BCUT2D eigenvalue weighted by molar-refractivity contribution is 9.10. The fourth-order valence-corrected chi connectivity index (χ4v) is 1.56. The average molecular weight is 265 g/mol. The van der Waals surface area contributed by atoms with E-state index in [0.29, 0.717) is 5.56 Å². The number of allylic oxidation sites excluding steroid dienone is 1. The maximum Gasteiger partial charge on any atom is 0.100 e. The predicted octanol–water partition coefficient (Wildman–Crippen LogP) is 3.70. The van der Waals surface area contributed by atoms with Crippen molar-refractivity contribution in [1.82, 2.24) is 0 Å². The Labute approximate surface area is 98.7 Å². The molecule has 0 aromatic heterocycles. The van der Waals surface area contributed by atoms with Gasteiger partial charge in [0, 0.05) is 16.7 Å². The summed E-state index contributed by atoms with van der Waals surface area (Å²) in [6.45, 7) is 4.94. The standard InChI is InChI=1S/C12H13BrN2/c1-9(2)5-6-15-11-4-3-10(8-14)12(13)7-11/h3-5,7,15H,6H2,1-2H3. The molecule has 1 rings (SSSR count). The molecule has 78 valence electrons. The highest BCUT2D eigenvalue weighted by Gasteiger charge is 1.99. The van der Waals surface area contributed by atoms with E-state index < -0.39 is 0 Å². The Kier molecular flexibility index (Phi) is 4.38. The molecule has 0 aliphatic heterocycles. The van der Waals surface area contributed by atoms with Crippen molar-refractivity contribution in [2.24, 2.45) is 0 Å². The fraction of sp³-hybridized carbons (Fsp3) is 0.250. The first-order valence-corrected chi connectivity index (χ1v) is 5.49. The molecule has 0 amide bonds. The molecule has 0 saturated carbocycles. The van der Waals surface area contributed by atoms with E-state index in [-0.39, 0.29) is 0 Å². The van der Waals surface area contributed by atoms with Crippen molar-refractivity contribution >= 4 is 21.6 Å². The minimum absolute atomic E-state index is 0.655. The smallest absolute Gasteiger partial charge is 0.100 e. The van der Waals surface area contributed by atoms with Gasteiger partial charge < -0.3 is 5.32 Å². The summed E-state index contributed by atoms with van der Waals surface area (Å²) in [7, 11) is 0. The van der Waals surface area contributed by atoms with Crippen LogP contribution in [-0.4, -0.2) is 6.54 Å². The SMILES string of the molecule is CC(C)=CCNc1ccc(C#N)c(Br)c1. The molecule has 3 heteroatoms. The Bertz CT molecular complexity index is 412. The lowest BCUT2D eigenvalue weighted by atomic mass is 10.2. The summed E-state index contributed by atoms with van der Waals surface area (Å²) >= 11 is 3.35. The topological polar surface area (TPSA) is 35.8 Å². The summed E-state index contributed by atoms with van der Waals surface area (Å²) in [4.78, 5) is 0. The van der Waals surface area contributed by atoms with Crippen LogP contribution in [0.4, 0.5) is 5.69 Å². The highest BCUT2D eigenvalue weighted by atomic mass is 79.9. The van der Waals surface area contributed by atoms with Gasteiger partial charge in [0.15, 0.2) is 0 Å². The van der Waals surface area contributed by atoms with Crippen LogP contribution in [0.25, 0.3) is 0 Å². The number of halogens is 1. The third-order valence-corrected chi connectivity index (χ3v) is 2.56. The van der Waals surface area contributed by atoms with Crippen molar-refractivity contribution in [3.8, 4) is 6.07 Å². The molecule has 0 bridgehead atoms. The Balaban J connectivity index is 2.69. The van der Waals surface area contributed by atoms with Gasteiger partial charge in [0.2, 0.25) is 0 Å². The Morgan fingerprint density at radius 1 is 1.53 bits per heavy atom. The summed E-state index contributed by atoms with van der Waals surface area (Å²) in [5, 5.41) is 12.0. The number of benzene rings is 1. The van der Waals surface area contributed by atoms with E-state index in [1.54, 1.807) is 6.07 Å². The van der Waals surface area contributed by atoms with Crippen molar-refractivity contribution < 1.29 is 0 Å². The molecule has 0 unspecified atom stereocenters. The molecule has 15 heavy (non-hydrogen) atoms. The number of hydrogen-bond donors (Lipinski definition) is 1. The number of nitrogens with zero attached hydrogens (tertiary/aromatic N) is 1. The Morgan fingerprint density at radius 3 is 2.80 bits per heavy atom. The zero-order chi connectivity index (χ0) is 11.3. The molecule has 0 aliphatic rings. The number of nitrogens with one attached hydrogen (secondary N) is 1. The normalized spacial score (nSPS) is 9.20. The lowest BCUT2D eigenvalue weighted by molar-refractivity contribution is 1.26. The summed E-state index contributed by atoms with van der Waals surface area (Å²) in [5.41, 5.74) is 2.95. The van der Waals surface area contributed by atoms with Crippen LogP contribution in [0.1, 0.15) is 19.4 Å². The minimum Gasteiger partial charge on any atom is -0.382 e. The van der Waals surface area contributed by atoms with Crippen molar-refractivity contribution in [3.05, 3.63) is 39.9 Å². The summed E-state index contributed by atoms with van der Waals surface area (Å²) in [6.07, 6.45) is 2.12. The molecule has 1 aromatic carbocycles. The zero-order valence-corrected chi connectivity index (χ0v) is 10.4. The molecule has 0 heterocycles. The van der Waals surface area contributed by atoms with Crippen molar-refractivity contribution in [1.29, 1.82) is 5.26 Å². The van der Waals surface area contributed by atoms with Crippen LogP contribution >= 0.6 is 15.9 Å². The quantitative estimate of drug-likeness (QED) is 0.846. The van der Waals surface area contributed by atoms with Crippen LogP contribution in [-0.2, 0) is 0 Å². The van der Waals surface area contributed by atoms with E-state index in [2.05, 4.69) is 47.2 Å². The molecule has 0 aliphatic carbocycles. The molecule has 0 saturated heterocycles. The number of hydrogen-bond acceptors (Lipinski definition) is 2. The van der Waals surface area contributed by atoms with E-state index in [1.807, 2.05) is 12.1 Å². The first-order valence-electron chi connectivity index (χ1n) is 4.70. The molecule has 0 atom stereocenters. The zero-order valence-electron chi connectivity index (χ0n) is 8.84.